The smallest absolute Gasteiger partial charge is 0.223 e. The molecule has 0 radical (unpaired) electrons. The number of aromatic amines is 2. The van der Waals surface area contributed by atoms with Crippen molar-refractivity contribution in [3.8, 4) is 50.3 Å². The number of fused-ring (bicyclic) bond motifs is 8. The van der Waals surface area contributed by atoms with Crippen LogP contribution in [0.2, 0.25) is 0 Å². The Labute approximate surface area is 333 Å². The number of benzene rings is 1. The zero-order valence-corrected chi connectivity index (χ0v) is 32.1. The summed E-state index contributed by atoms with van der Waals surface area (Å²) in [4.78, 5) is 45.0. The van der Waals surface area contributed by atoms with E-state index in [1.54, 1.807) is 35.5 Å². The fourth-order valence-electron chi connectivity index (χ4n) is 7.30. The molecule has 8 bridgehead atoms. The molecule has 0 unspecified atom stereocenters. The van der Waals surface area contributed by atoms with E-state index in [4.69, 9.17) is 34.2 Å². The van der Waals surface area contributed by atoms with Crippen LogP contribution < -0.4 is 39.2 Å². The molecular weight excluding hydrogens is 733 g/mol. The minimum atomic E-state index is 0.592. The molecule has 13 nitrogen and oxygen atoms in total. The van der Waals surface area contributed by atoms with E-state index in [9.17, 15) is 0 Å². The second kappa shape index (κ2) is 15.5. The van der Waals surface area contributed by atoms with Gasteiger partial charge in [0.25, 0.3) is 0 Å². The maximum atomic E-state index is 5.49. The molecule has 7 aromatic rings. The van der Waals surface area contributed by atoms with Crippen molar-refractivity contribution in [2.24, 2.45) is 0 Å². The Hall–Kier alpha value is -7.61. The SMILES string of the molecule is CONOc1ccc(-c2c3nc(c(-c4cc[n+](OC)cc4)c4ccc([nH]4)c(-c4cc[n+](OC)cc4)c4nc(c(-c5cc[n+](OC)cc5)c5ccc2[nH]5)C=C4)C=C3)cc1. The van der Waals surface area contributed by atoms with Crippen LogP contribution in [0.4, 0.5) is 0 Å². The summed E-state index contributed by atoms with van der Waals surface area (Å²) < 4.78 is 4.95. The zero-order chi connectivity index (χ0) is 39.6. The summed E-state index contributed by atoms with van der Waals surface area (Å²) >= 11 is 0. The molecule has 0 spiro atoms. The first kappa shape index (κ1) is 36.1. The number of nitrogens with zero attached hydrogens (tertiary/aromatic N) is 5. The average Bonchev–Trinajstić information content (AvgIpc) is 4.12. The van der Waals surface area contributed by atoms with Crippen LogP contribution in [0.5, 0.6) is 5.75 Å². The molecule has 8 heterocycles. The molecule has 6 aromatic heterocycles. The lowest BCUT2D eigenvalue weighted by atomic mass is 10.0. The van der Waals surface area contributed by atoms with Crippen LogP contribution in [0.25, 0.3) is 90.9 Å². The van der Waals surface area contributed by atoms with Crippen LogP contribution in [0.15, 0.2) is 122 Å². The molecule has 0 saturated heterocycles. The molecule has 0 aliphatic carbocycles. The molecule has 0 fully saturated rings. The van der Waals surface area contributed by atoms with Crippen molar-refractivity contribution in [2.75, 3.05) is 28.4 Å². The predicted molar refractivity (Wildman–Crippen MR) is 219 cm³/mol. The fourth-order valence-corrected chi connectivity index (χ4v) is 7.30. The van der Waals surface area contributed by atoms with Gasteiger partial charge in [-0.15, -0.1) is 0 Å². The van der Waals surface area contributed by atoms with E-state index in [1.165, 1.54) is 7.11 Å². The van der Waals surface area contributed by atoms with E-state index in [0.29, 0.717) is 5.75 Å². The molecule has 9 rings (SSSR count). The normalized spacial score (nSPS) is 11.8. The first-order valence-electron chi connectivity index (χ1n) is 18.4. The minimum absolute atomic E-state index is 0.592. The van der Waals surface area contributed by atoms with Crippen molar-refractivity contribution < 1.29 is 38.4 Å². The van der Waals surface area contributed by atoms with Gasteiger partial charge in [-0.25, -0.2) is 9.97 Å². The highest BCUT2D eigenvalue weighted by Gasteiger charge is 2.20. The average molecular weight is 772 g/mol. The summed E-state index contributed by atoms with van der Waals surface area (Å²) in [6.07, 6.45) is 19.6. The highest BCUT2D eigenvalue weighted by Crippen LogP contribution is 2.38. The van der Waals surface area contributed by atoms with Gasteiger partial charge in [-0.2, -0.15) is 0 Å². The predicted octanol–water partition coefficient (Wildman–Crippen LogP) is 5.81. The van der Waals surface area contributed by atoms with Gasteiger partial charge in [-0.1, -0.05) is 12.1 Å². The first-order valence-corrected chi connectivity index (χ1v) is 18.4. The van der Waals surface area contributed by atoms with Crippen molar-refractivity contribution in [1.82, 2.24) is 25.6 Å². The zero-order valence-electron chi connectivity index (χ0n) is 32.1. The Morgan fingerprint density at radius 2 is 0.724 bits per heavy atom. The summed E-state index contributed by atoms with van der Waals surface area (Å²) in [5.41, 5.74) is 16.6. The standard InChI is InChI=1S/C45H38N8O5/c1-54-50-58-33-7-5-29(6-8-33)42-34-9-11-36(46-34)43(30-17-23-51(55-2)24-18-30)38-13-15-40(48-38)45(32-21-27-53(57-4)28-22-32)41-16-14-39(49-41)44(37-12-10-35(42)47-37)31-19-25-52(56-3)26-20-31/h5-28,50H,1-4H3,(H,46,47,48,49)/q+2/p+1. The van der Waals surface area contributed by atoms with E-state index < -0.39 is 0 Å². The number of aromatic nitrogens is 7. The number of hydrogen-bond donors (Lipinski definition) is 3. The van der Waals surface area contributed by atoms with Gasteiger partial charge in [0.2, 0.25) is 37.2 Å². The highest BCUT2D eigenvalue weighted by atomic mass is 16.9. The summed E-state index contributed by atoms with van der Waals surface area (Å²) in [6.45, 7) is 0. The van der Waals surface area contributed by atoms with E-state index in [1.807, 2.05) is 97.8 Å². The first-order chi connectivity index (χ1) is 28.5. The Morgan fingerprint density at radius 1 is 0.414 bits per heavy atom. The van der Waals surface area contributed by atoms with Gasteiger partial charge in [0, 0.05) is 94.9 Å². The molecular formula is C45H39N8O5+3. The van der Waals surface area contributed by atoms with E-state index >= 15 is 0 Å². The summed E-state index contributed by atoms with van der Waals surface area (Å²) in [6, 6.07) is 28.3. The number of hydrogen-bond acceptors (Lipinski definition) is 8. The molecule has 0 amide bonds. The summed E-state index contributed by atoms with van der Waals surface area (Å²) in [5, 5.41) is 0. The van der Waals surface area contributed by atoms with Gasteiger partial charge in [-0.3, -0.25) is 19.4 Å². The lowest BCUT2D eigenvalue weighted by Crippen LogP contribution is -2.39. The van der Waals surface area contributed by atoms with Crippen molar-refractivity contribution in [3.63, 3.8) is 0 Å². The van der Waals surface area contributed by atoms with Crippen LogP contribution in [-0.4, -0.2) is 48.4 Å². The van der Waals surface area contributed by atoms with Crippen LogP contribution in [0, 0.1) is 0 Å². The lowest BCUT2D eigenvalue weighted by molar-refractivity contribution is -0.885. The topological polar surface area (TPSA) is 127 Å². The third-order valence-electron chi connectivity index (χ3n) is 10.0. The van der Waals surface area contributed by atoms with Crippen LogP contribution in [0.1, 0.15) is 22.8 Å². The van der Waals surface area contributed by atoms with Gasteiger partial charge in [0.15, 0.2) is 0 Å². The van der Waals surface area contributed by atoms with Crippen molar-refractivity contribution >= 4 is 46.4 Å². The monoisotopic (exact) mass is 771 g/mol. The van der Waals surface area contributed by atoms with Crippen molar-refractivity contribution in [2.45, 2.75) is 0 Å². The van der Waals surface area contributed by atoms with E-state index in [0.717, 1.165) is 89.4 Å². The summed E-state index contributed by atoms with van der Waals surface area (Å²) in [5.74, 6) is 0.592. The van der Waals surface area contributed by atoms with Gasteiger partial charge in [0.1, 0.15) is 27.1 Å². The quantitative estimate of drug-likeness (QED) is 0.118. The molecule has 2 aliphatic rings. The molecule has 286 valence electrons. The van der Waals surface area contributed by atoms with E-state index in [-0.39, 0.29) is 0 Å². The Balaban J connectivity index is 1.41. The highest BCUT2D eigenvalue weighted by molar-refractivity contribution is 5.99. The number of H-pyrrole nitrogens is 2. The largest absolute Gasteiger partial charge is 0.383 e. The van der Waals surface area contributed by atoms with Crippen LogP contribution in [0.3, 0.4) is 0 Å². The fraction of sp³-hybridized carbons (Fsp3) is 0.0889. The molecule has 2 aliphatic heterocycles. The van der Waals surface area contributed by atoms with E-state index in [2.05, 4.69) is 64.2 Å². The minimum Gasteiger partial charge on any atom is -0.383 e. The van der Waals surface area contributed by atoms with Gasteiger partial charge >= 0.3 is 0 Å². The van der Waals surface area contributed by atoms with Crippen molar-refractivity contribution in [1.29, 1.82) is 0 Å². The third kappa shape index (κ3) is 6.80. The molecule has 0 saturated carbocycles. The maximum absolute atomic E-state index is 5.49. The maximum Gasteiger partial charge on any atom is 0.223 e. The lowest BCUT2D eigenvalue weighted by Gasteiger charge is -2.08. The Kier molecular flexibility index (Phi) is 9.63. The molecule has 1 aromatic carbocycles. The number of pyridine rings is 3. The number of rotatable bonds is 10. The molecule has 0 atom stereocenters. The van der Waals surface area contributed by atoms with Gasteiger partial charge < -0.3 is 14.8 Å². The Bertz CT molecular complexity index is 2820. The van der Waals surface area contributed by atoms with Gasteiger partial charge in [0.05, 0.1) is 29.9 Å². The van der Waals surface area contributed by atoms with Crippen molar-refractivity contribution in [3.05, 3.63) is 145 Å². The second-order valence-electron chi connectivity index (χ2n) is 13.3. The molecule has 13 heteroatoms. The van der Waals surface area contributed by atoms with Crippen LogP contribution in [-0.2, 0) is 4.84 Å². The summed E-state index contributed by atoms with van der Waals surface area (Å²) in [7, 11) is 6.39. The third-order valence-corrected chi connectivity index (χ3v) is 10.0. The van der Waals surface area contributed by atoms with Crippen LogP contribution >= 0.6 is 0 Å². The Morgan fingerprint density at radius 3 is 1.02 bits per heavy atom. The number of nitrogens with one attached hydrogen (secondary N) is 3. The molecule has 3 N–H and O–H groups in total. The molecule has 58 heavy (non-hydrogen) atoms. The second-order valence-corrected chi connectivity index (χ2v) is 13.3. The van der Waals surface area contributed by atoms with Gasteiger partial charge in [-0.05, 0) is 88.6 Å².